The standard InChI is InChI=1S/C20H21FN4O3S/c1-12(19(26)22-15-9-16(27-3)11-17(10-15)28-4)29-20-24-23-18(25(20)2)13-5-7-14(21)8-6-13/h5-12H,1-4H3,(H,22,26). The van der Waals surface area contributed by atoms with Crippen LogP contribution in [0.3, 0.4) is 0 Å². The zero-order valence-corrected chi connectivity index (χ0v) is 17.3. The summed E-state index contributed by atoms with van der Waals surface area (Å²) in [4.78, 5) is 12.6. The van der Waals surface area contributed by atoms with Crippen LogP contribution in [0.5, 0.6) is 11.5 Å². The molecule has 1 amide bonds. The van der Waals surface area contributed by atoms with Crippen LogP contribution in [-0.2, 0) is 11.8 Å². The van der Waals surface area contributed by atoms with Gasteiger partial charge < -0.3 is 19.4 Å². The molecule has 0 fully saturated rings. The fraction of sp³-hybridized carbons (Fsp3) is 0.250. The molecule has 0 spiro atoms. The van der Waals surface area contributed by atoms with Crippen LogP contribution < -0.4 is 14.8 Å². The summed E-state index contributed by atoms with van der Waals surface area (Å²) >= 11 is 1.28. The van der Waals surface area contributed by atoms with E-state index in [1.165, 1.54) is 23.9 Å². The zero-order chi connectivity index (χ0) is 21.0. The summed E-state index contributed by atoms with van der Waals surface area (Å²) in [5.74, 6) is 1.24. The minimum absolute atomic E-state index is 0.198. The van der Waals surface area contributed by atoms with Gasteiger partial charge in [-0.3, -0.25) is 4.79 Å². The number of rotatable bonds is 7. The van der Waals surface area contributed by atoms with E-state index in [1.807, 2.05) is 0 Å². The molecule has 0 radical (unpaired) electrons. The molecule has 1 unspecified atom stereocenters. The lowest BCUT2D eigenvalue weighted by atomic mass is 10.2. The lowest BCUT2D eigenvalue weighted by molar-refractivity contribution is -0.115. The van der Waals surface area contributed by atoms with Crippen LogP contribution >= 0.6 is 11.8 Å². The first-order valence-corrected chi connectivity index (χ1v) is 9.65. The molecular formula is C20H21FN4O3S. The van der Waals surface area contributed by atoms with Gasteiger partial charge in [-0.15, -0.1) is 10.2 Å². The first kappa shape index (κ1) is 20.7. The third-order valence-corrected chi connectivity index (χ3v) is 5.34. The first-order valence-electron chi connectivity index (χ1n) is 8.77. The fourth-order valence-electron chi connectivity index (χ4n) is 2.60. The lowest BCUT2D eigenvalue weighted by Crippen LogP contribution is -2.22. The van der Waals surface area contributed by atoms with E-state index < -0.39 is 5.25 Å². The maximum absolute atomic E-state index is 13.1. The van der Waals surface area contributed by atoms with Gasteiger partial charge in [-0.1, -0.05) is 11.8 Å². The summed E-state index contributed by atoms with van der Waals surface area (Å²) in [6.07, 6.45) is 0. The molecule has 29 heavy (non-hydrogen) atoms. The van der Waals surface area contributed by atoms with Crippen molar-refractivity contribution in [1.29, 1.82) is 0 Å². The van der Waals surface area contributed by atoms with Gasteiger partial charge in [0.15, 0.2) is 11.0 Å². The van der Waals surface area contributed by atoms with Gasteiger partial charge in [0.1, 0.15) is 17.3 Å². The van der Waals surface area contributed by atoms with Crippen molar-refractivity contribution in [3.05, 3.63) is 48.3 Å². The SMILES string of the molecule is COc1cc(NC(=O)C(C)Sc2nnc(-c3ccc(F)cc3)n2C)cc(OC)c1. The molecule has 1 heterocycles. The second-order valence-electron chi connectivity index (χ2n) is 6.22. The number of aromatic nitrogens is 3. The Labute approximate surface area is 172 Å². The van der Waals surface area contributed by atoms with E-state index in [0.717, 1.165) is 5.56 Å². The highest BCUT2D eigenvalue weighted by Crippen LogP contribution is 2.29. The predicted molar refractivity (Wildman–Crippen MR) is 110 cm³/mol. The van der Waals surface area contributed by atoms with E-state index in [2.05, 4.69) is 15.5 Å². The molecule has 0 aliphatic carbocycles. The number of thioether (sulfide) groups is 1. The molecule has 2 aromatic carbocycles. The molecule has 0 aliphatic heterocycles. The molecule has 0 bridgehead atoms. The Balaban J connectivity index is 1.71. The Bertz CT molecular complexity index is 985. The molecule has 7 nitrogen and oxygen atoms in total. The normalized spacial score (nSPS) is 11.8. The second kappa shape index (κ2) is 8.95. The van der Waals surface area contributed by atoms with Gasteiger partial charge in [-0.25, -0.2) is 4.39 Å². The van der Waals surface area contributed by atoms with Crippen LogP contribution in [0, 0.1) is 5.82 Å². The zero-order valence-electron chi connectivity index (χ0n) is 16.5. The summed E-state index contributed by atoms with van der Waals surface area (Å²) in [7, 11) is 4.90. The predicted octanol–water partition coefficient (Wildman–Crippen LogP) is 3.76. The smallest absolute Gasteiger partial charge is 0.237 e. The van der Waals surface area contributed by atoms with Crippen molar-refractivity contribution in [1.82, 2.24) is 14.8 Å². The molecule has 0 aliphatic rings. The number of benzene rings is 2. The Hall–Kier alpha value is -3.07. The van der Waals surface area contributed by atoms with Crippen LogP contribution in [0.15, 0.2) is 47.6 Å². The number of methoxy groups -OCH3 is 2. The Morgan fingerprint density at radius 1 is 1.10 bits per heavy atom. The molecule has 1 aromatic heterocycles. The van der Waals surface area contributed by atoms with Gasteiger partial charge in [-0.05, 0) is 31.2 Å². The molecule has 3 rings (SSSR count). The van der Waals surface area contributed by atoms with Gasteiger partial charge in [0.05, 0.1) is 19.5 Å². The third-order valence-electron chi connectivity index (χ3n) is 4.21. The van der Waals surface area contributed by atoms with E-state index in [9.17, 15) is 9.18 Å². The maximum Gasteiger partial charge on any atom is 0.237 e. The number of hydrogen-bond acceptors (Lipinski definition) is 6. The third kappa shape index (κ3) is 4.86. The summed E-state index contributed by atoms with van der Waals surface area (Å²) in [6, 6.07) is 11.2. The minimum atomic E-state index is -0.434. The largest absolute Gasteiger partial charge is 0.497 e. The van der Waals surface area contributed by atoms with Crippen molar-refractivity contribution < 1.29 is 18.7 Å². The average Bonchev–Trinajstić information content (AvgIpc) is 3.08. The highest BCUT2D eigenvalue weighted by molar-refractivity contribution is 8.00. The summed E-state index contributed by atoms with van der Waals surface area (Å²) < 4.78 is 25.4. The first-order chi connectivity index (χ1) is 13.9. The van der Waals surface area contributed by atoms with Gasteiger partial charge in [-0.2, -0.15) is 0 Å². The number of hydrogen-bond donors (Lipinski definition) is 1. The number of amides is 1. The van der Waals surface area contributed by atoms with Crippen molar-refractivity contribution in [2.24, 2.45) is 7.05 Å². The van der Waals surface area contributed by atoms with Crippen LogP contribution in [0.25, 0.3) is 11.4 Å². The molecule has 3 aromatic rings. The summed E-state index contributed by atoms with van der Waals surface area (Å²) in [5.41, 5.74) is 1.32. The summed E-state index contributed by atoms with van der Waals surface area (Å²) in [5, 5.41) is 11.3. The number of halogens is 1. The number of ether oxygens (including phenoxy) is 2. The average molecular weight is 416 g/mol. The van der Waals surface area contributed by atoms with Crippen molar-refractivity contribution in [2.45, 2.75) is 17.3 Å². The van der Waals surface area contributed by atoms with E-state index >= 15 is 0 Å². The van der Waals surface area contributed by atoms with Crippen LogP contribution in [0.4, 0.5) is 10.1 Å². The molecular weight excluding hydrogens is 395 g/mol. The van der Waals surface area contributed by atoms with E-state index in [4.69, 9.17) is 9.47 Å². The van der Waals surface area contributed by atoms with Gasteiger partial charge in [0.2, 0.25) is 5.91 Å². The van der Waals surface area contributed by atoms with Gasteiger partial charge in [0, 0.05) is 36.5 Å². The lowest BCUT2D eigenvalue weighted by Gasteiger charge is -2.13. The molecule has 0 saturated carbocycles. The van der Waals surface area contributed by atoms with Crippen LogP contribution in [-0.4, -0.2) is 40.1 Å². The molecule has 152 valence electrons. The van der Waals surface area contributed by atoms with Crippen molar-refractivity contribution in [3.8, 4) is 22.9 Å². The molecule has 9 heteroatoms. The Morgan fingerprint density at radius 2 is 1.72 bits per heavy atom. The van der Waals surface area contributed by atoms with Crippen LogP contribution in [0.2, 0.25) is 0 Å². The quantitative estimate of drug-likeness (QED) is 0.591. The number of nitrogens with one attached hydrogen (secondary N) is 1. The van der Waals surface area contributed by atoms with Crippen molar-refractivity contribution in [2.75, 3.05) is 19.5 Å². The number of anilines is 1. The number of carbonyl (C=O) groups excluding carboxylic acids is 1. The maximum atomic E-state index is 13.1. The van der Waals surface area contributed by atoms with Crippen molar-refractivity contribution in [3.63, 3.8) is 0 Å². The van der Waals surface area contributed by atoms with E-state index in [-0.39, 0.29) is 11.7 Å². The van der Waals surface area contributed by atoms with E-state index in [0.29, 0.717) is 28.2 Å². The monoisotopic (exact) mass is 416 g/mol. The molecule has 1 atom stereocenters. The Morgan fingerprint density at radius 3 is 2.31 bits per heavy atom. The fourth-order valence-corrected chi connectivity index (χ4v) is 3.42. The highest BCUT2D eigenvalue weighted by atomic mass is 32.2. The molecule has 0 saturated heterocycles. The second-order valence-corrected chi connectivity index (χ2v) is 7.53. The topological polar surface area (TPSA) is 78.3 Å². The summed E-state index contributed by atoms with van der Waals surface area (Å²) in [6.45, 7) is 1.78. The van der Waals surface area contributed by atoms with E-state index in [1.54, 1.807) is 63.1 Å². The van der Waals surface area contributed by atoms with Gasteiger partial charge in [0.25, 0.3) is 0 Å². The van der Waals surface area contributed by atoms with Gasteiger partial charge >= 0.3 is 0 Å². The number of nitrogens with zero attached hydrogens (tertiary/aromatic N) is 3. The van der Waals surface area contributed by atoms with Crippen LogP contribution in [0.1, 0.15) is 6.92 Å². The highest BCUT2D eigenvalue weighted by Gasteiger charge is 2.20. The minimum Gasteiger partial charge on any atom is -0.497 e. The Kier molecular flexibility index (Phi) is 6.38. The molecule has 1 N–H and O–H groups in total. The number of carbonyl (C=O) groups is 1. The van der Waals surface area contributed by atoms with Crippen molar-refractivity contribution >= 4 is 23.4 Å².